The SMILES string of the molecule is CN(Cc1nc2ccccc2s1)C(=O)NCc1ccnc(OC2CCCC2)c1. The Morgan fingerprint density at radius 2 is 2.11 bits per heavy atom. The van der Waals surface area contributed by atoms with E-state index in [0.717, 1.165) is 33.6 Å². The van der Waals surface area contributed by atoms with Crippen LogP contribution in [0.25, 0.3) is 10.2 Å². The fourth-order valence-electron chi connectivity index (χ4n) is 3.38. The van der Waals surface area contributed by atoms with Crippen molar-refractivity contribution in [3.8, 4) is 5.88 Å². The first-order valence-corrected chi connectivity index (χ1v) is 10.4. The molecular weight excluding hydrogens is 372 g/mol. The summed E-state index contributed by atoms with van der Waals surface area (Å²) in [5.41, 5.74) is 1.95. The first kappa shape index (κ1) is 18.7. The number of ether oxygens (including phenoxy) is 1. The van der Waals surface area contributed by atoms with Crippen molar-refractivity contribution in [1.29, 1.82) is 0 Å². The van der Waals surface area contributed by atoms with Gasteiger partial charge >= 0.3 is 6.03 Å². The molecule has 0 spiro atoms. The van der Waals surface area contributed by atoms with Gasteiger partial charge in [-0.05, 0) is 49.4 Å². The van der Waals surface area contributed by atoms with E-state index < -0.39 is 0 Å². The highest BCUT2D eigenvalue weighted by molar-refractivity contribution is 7.18. The summed E-state index contributed by atoms with van der Waals surface area (Å²) in [6.45, 7) is 0.921. The molecule has 0 saturated heterocycles. The van der Waals surface area contributed by atoms with E-state index in [-0.39, 0.29) is 12.1 Å². The first-order chi connectivity index (χ1) is 13.7. The summed E-state index contributed by atoms with van der Waals surface area (Å²) in [6.07, 6.45) is 6.65. The maximum atomic E-state index is 12.4. The van der Waals surface area contributed by atoms with E-state index in [4.69, 9.17) is 4.74 Å². The molecule has 1 aliphatic rings. The van der Waals surface area contributed by atoms with Crippen molar-refractivity contribution in [3.63, 3.8) is 0 Å². The van der Waals surface area contributed by atoms with Gasteiger partial charge in [-0.3, -0.25) is 0 Å². The number of carbonyl (C=O) groups excluding carboxylic acids is 1. The molecule has 1 N–H and O–H groups in total. The van der Waals surface area contributed by atoms with Crippen LogP contribution in [-0.2, 0) is 13.1 Å². The fourth-order valence-corrected chi connectivity index (χ4v) is 4.40. The number of benzene rings is 1. The largest absolute Gasteiger partial charge is 0.474 e. The maximum absolute atomic E-state index is 12.4. The molecule has 2 aromatic heterocycles. The number of para-hydroxylation sites is 1. The average Bonchev–Trinajstić information content (AvgIpc) is 3.35. The van der Waals surface area contributed by atoms with Crippen LogP contribution in [-0.4, -0.2) is 34.1 Å². The lowest BCUT2D eigenvalue weighted by Gasteiger charge is -2.17. The number of urea groups is 1. The summed E-state index contributed by atoms with van der Waals surface area (Å²) in [7, 11) is 1.78. The molecule has 0 unspecified atom stereocenters. The minimum atomic E-state index is -0.130. The molecule has 3 aromatic rings. The predicted molar refractivity (Wildman–Crippen MR) is 110 cm³/mol. The summed E-state index contributed by atoms with van der Waals surface area (Å²) >= 11 is 1.62. The molecular formula is C21H24N4O2S. The van der Waals surface area contributed by atoms with Gasteiger partial charge in [-0.2, -0.15) is 0 Å². The molecule has 146 valence electrons. The number of amides is 2. The number of nitrogens with one attached hydrogen (secondary N) is 1. The average molecular weight is 397 g/mol. The van der Waals surface area contributed by atoms with E-state index in [1.54, 1.807) is 29.5 Å². The Morgan fingerprint density at radius 1 is 1.29 bits per heavy atom. The van der Waals surface area contributed by atoms with E-state index in [2.05, 4.69) is 15.3 Å². The molecule has 2 amide bonds. The number of carbonyl (C=O) groups is 1. The van der Waals surface area contributed by atoms with Crippen molar-refractivity contribution in [1.82, 2.24) is 20.2 Å². The van der Waals surface area contributed by atoms with Gasteiger partial charge < -0.3 is 15.0 Å². The Hall–Kier alpha value is -2.67. The number of thiazole rings is 1. The summed E-state index contributed by atoms with van der Waals surface area (Å²) in [5.74, 6) is 0.640. The topological polar surface area (TPSA) is 67.4 Å². The second kappa shape index (κ2) is 8.56. The highest BCUT2D eigenvalue weighted by atomic mass is 32.1. The van der Waals surface area contributed by atoms with Gasteiger partial charge in [0.25, 0.3) is 0 Å². The third-order valence-corrected chi connectivity index (χ3v) is 5.91. The van der Waals surface area contributed by atoms with Crippen molar-refractivity contribution >= 4 is 27.6 Å². The number of hydrogen-bond acceptors (Lipinski definition) is 5. The maximum Gasteiger partial charge on any atom is 0.317 e. The molecule has 4 rings (SSSR count). The summed E-state index contributed by atoms with van der Waals surface area (Å²) in [4.78, 5) is 23.0. The van der Waals surface area contributed by atoms with Gasteiger partial charge in [-0.25, -0.2) is 14.8 Å². The molecule has 0 radical (unpaired) electrons. The Kier molecular flexibility index (Phi) is 5.71. The van der Waals surface area contributed by atoms with E-state index in [9.17, 15) is 4.79 Å². The van der Waals surface area contributed by atoms with Crippen LogP contribution in [0, 0.1) is 0 Å². The van der Waals surface area contributed by atoms with Crippen LogP contribution in [0.1, 0.15) is 36.3 Å². The molecule has 6 nitrogen and oxygen atoms in total. The van der Waals surface area contributed by atoms with Crippen molar-refractivity contribution in [2.24, 2.45) is 0 Å². The van der Waals surface area contributed by atoms with Crippen LogP contribution in [0.3, 0.4) is 0 Å². The first-order valence-electron chi connectivity index (χ1n) is 9.62. The molecule has 0 aliphatic heterocycles. The molecule has 7 heteroatoms. The van der Waals surface area contributed by atoms with Gasteiger partial charge in [0.1, 0.15) is 11.1 Å². The molecule has 28 heavy (non-hydrogen) atoms. The van der Waals surface area contributed by atoms with Gasteiger partial charge in [0.2, 0.25) is 5.88 Å². The van der Waals surface area contributed by atoms with Crippen LogP contribution in [0.2, 0.25) is 0 Å². The molecule has 1 fully saturated rings. The van der Waals surface area contributed by atoms with E-state index in [1.807, 2.05) is 36.4 Å². The molecule has 0 bridgehead atoms. The third-order valence-electron chi connectivity index (χ3n) is 4.89. The van der Waals surface area contributed by atoms with Gasteiger partial charge in [-0.1, -0.05) is 12.1 Å². The lowest BCUT2D eigenvalue weighted by atomic mass is 10.2. The van der Waals surface area contributed by atoms with Crippen molar-refractivity contribution in [2.45, 2.75) is 44.9 Å². The molecule has 1 aliphatic carbocycles. The molecule has 1 saturated carbocycles. The van der Waals surface area contributed by atoms with Crippen LogP contribution in [0.5, 0.6) is 5.88 Å². The molecule has 0 atom stereocenters. The number of nitrogens with zero attached hydrogens (tertiary/aromatic N) is 3. The molecule has 2 heterocycles. The van der Waals surface area contributed by atoms with Gasteiger partial charge in [-0.15, -0.1) is 11.3 Å². The van der Waals surface area contributed by atoms with Crippen LogP contribution in [0.15, 0.2) is 42.6 Å². The highest BCUT2D eigenvalue weighted by Crippen LogP contribution is 2.24. The zero-order valence-corrected chi connectivity index (χ0v) is 16.7. The van der Waals surface area contributed by atoms with Gasteiger partial charge in [0, 0.05) is 25.9 Å². The van der Waals surface area contributed by atoms with Crippen molar-refractivity contribution in [2.75, 3.05) is 7.05 Å². The number of aromatic nitrogens is 2. The Morgan fingerprint density at radius 3 is 2.93 bits per heavy atom. The monoisotopic (exact) mass is 396 g/mol. The Labute approximate surface area is 168 Å². The lowest BCUT2D eigenvalue weighted by Crippen LogP contribution is -2.36. The molecule has 1 aromatic carbocycles. The normalized spacial score (nSPS) is 14.3. The summed E-state index contributed by atoms with van der Waals surface area (Å²) in [6, 6.07) is 11.7. The number of pyridine rings is 1. The smallest absolute Gasteiger partial charge is 0.317 e. The summed E-state index contributed by atoms with van der Waals surface area (Å²) < 4.78 is 7.07. The number of hydrogen-bond donors (Lipinski definition) is 1. The predicted octanol–water partition coefficient (Wildman–Crippen LogP) is 4.35. The lowest BCUT2D eigenvalue weighted by molar-refractivity contribution is 0.200. The van der Waals surface area contributed by atoms with Crippen LogP contribution >= 0.6 is 11.3 Å². The van der Waals surface area contributed by atoms with E-state index in [1.165, 1.54) is 12.8 Å². The minimum Gasteiger partial charge on any atom is -0.474 e. The van der Waals surface area contributed by atoms with Crippen LogP contribution < -0.4 is 10.1 Å². The second-order valence-corrected chi connectivity index (χ2v) is 8.23. The zero-order valence-electron chi connectivity index (χ0n) is 15.9. The van der Waals surface area contributed by atoms with Crippen molar-refractivity contribution in [3.05, 3.63) is 53.2 Å². The fraction of sp³-hybridized carbons (Fsp3) is 0.381. The van der Waals surface area contributed by atoms with Gasteiger partial charge in [0.05, 0.1) is 16.8 Å². The van der Waals surface area contributed by atoms with Crippen LogP contribution in [0.4, 0.5) is 4.79 Å². The standard InChI is InChI=1S/C21H24N4O2S/c1-25(14-20-24-17-8-4-5-9-18(17)28-20)21(26)23-13-15-10-11-22-19(12-15)27-16-6-2-3-7-16/h4-5,8-12,16H,2-3,6-7,13-14H2,1H3,(H,23,26). The van der Waals surface area contributed by atoms with E-state index in [0.29, 0.717) is 19.0 Å². The Bertz CT molecular complexity index is 919. The number of rotatable bonds is 6. The highest BCUT2D eigenvalue weighted by Gasteiger charge is 2.17. The zero-order chi connectivity index (χ0) is 19.3. The summed E-state index contributed by atoms with van der Waals surface area (Å²) in [5, 5.41) is 3.88. The second-order valence-electron chi connectivity index (χ2n) is 7.12. The number of fused-ring (bicyclic) bond motifs is 1. The quantitative estimate of drug-likeness (QED) is 0.672. The van der Waals surface area contributed by atoms with E-state index >= 15 is 0 Å². The van der Waals surface area contributed by atoms with Crippen molar-refractivity contribution < 1.29 is 9.53 Å². The Balaban J connectivity index is 1.30. The minimum absolute atomic E-state index is 0.130. The third kappa shape index (κ3) is 4.59. The van der Waals surface area contributed by atoms with Gasteiger partial charge in [0.15, 0.2) is 0 Å².